The molecule has 2 N–H and O–H groups in total. The van der Waals surface area contributed by atoms with Gasteiger partial charge in [0.1, 0.15) is 0 Å². The summed E-state index contributed by atoms with van der Waals surface area (Å²) in [5.74, 6) is 0.454. The predicted octanol–water partition coefficient (Wildman–Crippen LogP) is 4.17. The van der Waals surface area contributed by atoms with Crippen LogP contribution < -0.4 is 9.47 Å². The zero-order chi connectivity index (χ0) is 18.7. The van der Waals surface area contributed by atoms with Gasteiger partial charge in [0, 0.05) is 18.2 Å². The number of benzene rings is 2. The summed E-state index contributed by atoms with van der Waals surface area (Å²) in [7, 11) is 5.03. The number of likely N-dealkylation sites (N-methyl/N-ethyl adjacent to an activating group) is 1. The Hall–Kier alpha value is -1.82. The number of fused-ring (bicyclic) bond motifs is 2. The van der Waals surface area contributed by atoms with Gasteiger partial charge in [-0.1, -0.05) is 23.2 Å². The van der Waals surface area contributed by atoms with E-state index in [0.29, 0.717) is 17.2 Å². The van der Waals surface area contributed by atoms with Gasteiger partial charge in [0.15, 0.2) is 23.0 Å². The van der Waals surface area contributed by atoms with Crippen LogP contribution in [0.1, 0.15) is 22.7 Å². The highest BCUT2D eigenvalue weighted by atomic mass is 35.5. The minimum Gasteiger partial charge on any atom is -0.503 e. The van der Waals surface area contributed by atoms with E-state index >= 15 is 0 Å². The molecule has 0 saturated heterocycles. The second-order valence-electron chi connectivity index (χ2n) is 6.68. The van der Waals surface area contributed by atoms with Gasteiger partial charge in [-0.25, -0.2) is 0 Å². The van der Waals surface area contributed by atoms with Crippen molar-refractivity contribution in [1.29, 1.82) is 0 Å². The standard InChI is InChI=1S/C19H19Cl2NO4/c1-22-5-4-8-13-11(22)6-10-9(7-12(25-2)17(23)16(10)21)14(13)19(26-3)18(24)15(8)20/h7,11,23-24H,4-6H2,1-3H3. The third-order valence-corrected chi connectivity index (χ3v) is 6.30. The summed E-state index contributed by atoms with van der Waals surface area (Å²) in [4.78, 5) is 2.24. The van der Waals surface area contributed by atoms with E-state index in [-0.39, 0.29) is 28.3 Å². The summed E-state index contributed by atoms with van der Waals surface area (Å²) in [6, 6.07) is 1.78. The highest BCUT2D eigenvalue weighted by Gasteiger charge is 2.39. The maximum absolute atomic E-state index is 10.6. The Labute approximate surface area is 161 Å². The van der Waals surface area contributed by atoms with Crippen molar-refractivity contribution in [3.8, 4) is 34.1 Å². The lowest BCUT2D eigenvalue weighted by molar-refractivity contribution is 0.226. The van der Waals surface area contributed by atoms with Crippen molar-refractivity contribution in [2.24, 2.45) is 0 Å². The molecule has 0 radical (unpaired) electrons. The molecular weight excluding hydrogens is 377 g/mol. The molecule has 2 aliphatic rings. The molecule has 1 aliphatic heterocycles. The fourth-order valence-electron chi connectivity index (χ4n) is 4.18. The maximum atomic E-state index is 10.6. The number of hydrogen-bond acceptors (Lipinski definition) is 5. The van der Waals surface area contributed by atoms with Gasteiger partial charge in [0.05, 0.1) is 24.3 Å². The molecular formula is C19H19Cl2NO4. The molecule has 0 fully saturated rings. The maximum Gasteiger partial charge on any atom is 0.177 e. The van der Waals surface area contributed by atoms with Crippen LogP contribution in [-0.2, 0) is 12.8 Å². The lowest BCUT2D eigenvalue weighted by atomic mass is 9.76. The molecule has 138 valence electrons. The van der Waals surface area contributed by atoms with Gasteiger partial charge in [-0.05, 0) is 48.2 Å². The normalized spacial score (nSPS) is 18.3. The van der Waals surface area contributed by atoms with Gasteiger partial charge in [-0.3, -0.25) is 4.90 Å². The summed E-state index contributed by atoms with van der Waals surface area (Å²) < 4.78 is 10.8. The Balaban J connectivity index is 2.15. The molecule has 5 nitrogen and oxygen atoms in total. The monoisotopic (exact) mass is 395 g/mol. The average molecular weight is 396 g/mol. The molecule has 7 heteroatoms. The van der Waals surface area contributed by atoms with E-state index < -0.39 is 0 Å². The van der Waals surface area contributed by atoms with Crippen LogP contribution in [0.4, 0.5) is 0 Å². The summed E-state index contributed by atoms with van der Waals surface area (Å²) in [6.07, 6.45) is 1.37. The molecule has 1 aliphatic carbocycles. The Morgan fingerprint density at radius 3 is 2.42 bits per heavy atom. The van der Waals surface area contributed by atoms with Crippen LogP contribution >= 0.6 is 23.2 Å². The van der Waals surface area contributed by atoms with Crippen LogP contribution in [0.3, 0.4) is 0 Å². The quantitative estimate of drug-likeness (QED) is 0.798. The van der Waals surface area contributed by atoms with Crippen molar-refractivity contribution in [2.45, 2.75) is 18.9 Å². The summed E-state index contributed by atoms with van der Waals surface area (Å²) in [6.45, 7) is 0.817. The van der Waals surface area contributed by atoms with Crippen LogP contribution in [0.15, 0.2) is 6.07 Å². The molecule has 1 heterocycles. The molecule has 2 aromatic rings. The van der Waals surface area contributed by atoms with Gasteiger partial charge >= 0.3 is 0 Å². The third kappa shape index (κ3) is 2.20. The van der Waals surface area contributed by atoms with Crippen LogP contribution in [0, 0.1) is 0 Å². The smallest absolute Gasteiger partial charge is 0.177 e. The van der Waals surface area contributed by atoms with Crippen LogP contribution in [0.2, 0.25) is 10.0 Å². The van der Waals surface area contributed by atoms with Crippen molar-refractivity contribution in [1.82, 2.24) is 4.90 Å². The minimum absolute atomic E-state index is 0.0403. The third-order valence-electron chi connectivity index (χ3n) is 5.49. The van der Waals surface area contributed by atoms with Crippen LogP contribution in [-0.4, -0.2) is 42.9 Å². The van der Waals surface area contributed by atoms with Crippen LogP contribution in [0.5, 0.6) is 23.0 Å². The molecule has 1 atom stereocenters. The molecule has 4 rings (SSSR count). The second-order valence-corrected chi connectivity index (χ2v) is 7.44. The van der Waals surface area contributed by atoms with Crippen molar-refractivity contribution in [2.75, 3.05) is 27.8 Å². The number of ether oxygens (including phenoxy) is 2. The summed E-state index contributed by atoms with van der Waals surface area (Å²) >= 11 is 12.9. The number of rotatable bonds is 2. The number of halogens is 2. The van der Waals surface area contributed by atoms with Gasteiger partial charge < -0.3 is 19.7 Å². The fraction of sp³-hybridized carbons (Fsp3) is 0.368. The average Bonchev–Trinajstić information content (AvgIpc) is 2.64. The van der Waals surface area contributed by atoms with E-state index in [9.17, 15) is 10.2 Å². The SMILES string of the molecule is COc1cc2c(c(Cl)c1O)CC1c3c(c(Cl)c(O)c(OC)c3-2)CCN1C. The minimum atomic E-state index is -0.0767. The van der Waals surface area contributed by atoms with Gasteiger partial charge in [-0.2, -0.15) is 0 Å². The van der Waals surface area contributed by atoms with Gasteiger partial charge in [-0.15, -0.1) is 0 Å². The van der Waals surface area contributed by atoms with Crippen LogP contribution in [0.25, 0.3) is 11.1 Å². The molecule has 0 amide bonds. The molecule has 26 heavy (non-hydrogen) atoms. The predicted molar refractivity (Wildman–Crippen MR) is 101 cm³/mol. The van der Waals surface area contributed by atoms with E-state index in [1.54, 1.807) is 6.07 Å². The van der Waals surface area contributed by atoms with Crippen molar-refractivity contribution in [3.63, 3.8) is 0 Å². The highest BCUT2D eigenvalue weighted by molar-refractivity contribution is 6.34. The Morgan fingerprint density at radius 2 is 1.77 bits per heavy atom. The zero-order valence-electron chi connectivity index (χ0n) is 14.7. The van der Waals surface area contributed by atoms with E-state index in [4.69, 9.17) is 32.7 Å². The van der Waals surface area contributed by atoms with E-state index in [1.165, 1.54) is 14.2 Å². The number of hydrogen-bond donors (Lipinski definition) is 2. The van der Waals surface area contributed by atoms with Gasteiger partial charge in [0.25, 0.3) is 0 Å². The summed E-state index contributed by atoms with van der Waals surface area (Å²) in [5.41, 5.74) is 4.35. The Kier molecular flexibility index (Phi) is 4.14. The van der Waals surface area contributed by atoms with Crippen molar-refractivity contribution in [3.05, 3.63) is 32.8 Å². The first-order chi connectivity index (χ1) is 12.4. The van der Waals surface area contributed by atoms with E-state index in [1.807, 2.05) is 7.05 Å². The molecule has 0 aromatic heterocycles. The lowest BCUT2D eigenvalue weighted by Crippen LogP contribution is -2.36. The van der Waals surface area contributed by atoms with E-state index in [2.05, 4.69) is 4.90 Å². The Morgan fingerprint density at radius 1 is 1.08 bits per heavy atom. The van der Waals surface area contributed by atoms with Crippen molar-refractivity contribution < 1.29 is 19.7 Å². The molecule has 0 spiro atoms. The second kappa shape index (κ2) is 6.12. The largest absolute Gasteiger partial charge is 0.503 e. The number of aromatic hydroxyl groups is 2. The van der Waals surface area contributed by atoms with E-state index in [0.717, 1.165) is 40.8 Å². The topological polar surface area (TPSA) is 62.2 Å². The first-order valence-corrected chi connectivity index (χ1v) is 9.06. The highest BCUT2D eigenvalue weighted by Crippen LogP contribution is 2.57. The van der Waals surface area contributed by atoms with Crippen molar-refractivity contribution >= 4 is 23.2 Å². The number of methoxy groups -OCH3 is 2. The molecule has 0 bridgehead atoms. The zero-order valence-corrected chi connectivity index (χ0v) is 16.2. The first-order valence-electron chi connectivity index (χ1n) is 8.30. The summed E-state index contributed by atoms with van der Waals surface area (Å²) in [5, 5.41) is 21.6. The number of phenols is 2. The number of phenolic OH excluding ortho intramolecular Hbond substituents is 2. The molecule has 1 unspecified atom stereocenters. The molecule has 2 aromatic carbocycles. The first kappa shape index (κ1) is 17.6. The Bertz CT molecular complexity index is 929. The van der Waals surface area contributed by atoms with Gasteiger partial charge in [0.2, 0.25) is 0 Å². The fourth-order valence-corrected chi connectivity index (χ4v) is 4.73. The lowest BCUT2D eigenvalue weighted by Gasteiger charge is -2.41. The number of nitrogens with zero attached hydrogens (tertiary/aromatic N) is 1. The molecule has 0 saturated carbocycles.